The lowest BCUT2D eigenvalue weighted by atomic mass is 10.1. The number of carbonyl (C=O) groups excluding carboxylic acids is 1. The van der Waals surface area contributed by atoms with Crippen LogP contribution < -0.4 is 5.32 Å². The highest BCUT2D eigenvalue weighted by Crippen LogP contribution is 2.18. The molecule has 2 aromatic rings. The number of benzene rings is 1. The molecule has 7 nitrogen and oxygen atoms in total. The fourth-order valence-electron chi connectivity index (χ4n) is 2.75. The summed E-state index contributed by atoms with van der Waals surface area (Å²) in [5, 5.41) is 7.82. The quantitative estimate of drug-likeness (QED) is 0.927. The molecule has 1 saturated heterocycles. The highest BCUT2D eigenvalue weighted by molar-refractivity contribution is 5.68. The highest BCUT2D eigenvalue weighted by atomic mass is 16.6. The van der Waals surface area contributed by atoms with Crippen molar-refractivity contribution in [1.29, 1.82) is 0 Å². The fourth-order valence-corrected chi connectivity index (χ4v) is 2.75. The van der Waals surface area contributed by atoms with E-state index in [2.05, 4.69) is 15.4 Å². The lowest BCUT2D eigenvalue weighted by Gasteiger charge is -2.33. The first kappa shape index (κ1) is 17.3. The molecular formula is C18H25N5O2. The SMILES string of the molecule is CC(C)(C)OC(=O)N1CCC(Nc2ncn(-c3ccccc3)n2)CC1. The van der Waals surface area contributed by atoms with Crippen molar-refractivity contribution in [2.24, 2.45) is 0 Å². The number of rotatable bonds is 3. The lowest BCUT2D eigenvalue weighted by molar-refractivity contribution is 0.0210. The van der Waals surface area contributed by atoms with Crippen LogP contribution in [0.5, 0.6) is 0 Å². The third-order valence-electron chi connectivity index (χ3n) is 3.99. The van der Waals surface area contributed by atoms with Gasteiger partial charge in [0, 0.05) is 19.1 Å². The molecule has 0 atom stereocenters. The van der Waals surface area contributed by atoms with Crippen LogP contribution in [0.2, 0.25) is 0 Å². The predicted molar refractivity (Wildman–Crippen MR) is 95.8 cm³/mol. The van der Waals surface area contributed by atoms with Gasteiger partial charge in [-0.3, -0.25) is 0 Å². The minimum absolute atomic E-state index is 0.238. The van der Waals surface area contributed by atoms with E-state index in [0.29, 0.717) is 19.0 Å². The highest BCUT2D eigenvalue weighted by Gasteiger charge is 2.27. The van der Waals surface area contributed by atoms with Crippen LogP contribution in [0, 0.1) is 0 Å². The number of likely N-dealkylation sites (tertiary alicyclic amines) is 1. The lowest BCUT2D eigenvalue weighted by Crippen LogP contribution is -2.44. The number of nitrogens with one attached hydrogen (secondary N) is 1. The van der Waals surface area contributed by atoms with E-state index in [1.54, 1.807) is 15.9 Å². The summed E-state index contributed by atoms with van der Waals surface area (Å²) in [5.41, 5.74) is 0.517. The zero-order valence-electron chi connectivity index (χ0n) is 15.0. The zero-order valence-corrected chi connectivity index (χ0v) is 15.0. The molecule has 0 bridgehead atoms. The van der Waals surface area contributed by atoms with Crippen LogP contribution in [-0.2, 0) is 4.74 Å². The Labute approximate surface area is 148 Å². The number of para-hydroxylation sites is 1. The van der Waals surface area contributed by atoms with Gasteiger partial charge in [-0.2, -0.15) is 0 Å². The van der Waals surface area contributed by atoms with Crippen molar-refractivity contribution >= 4 is 12.0 Å². The van der Waals surface area contributed by atoms with Gasteiger partial charge in [-0.15, -0.1) is 5.10 Å². The Bertz CT molecular complexity index is 700. The van der Waals surface area contributed by atoms with Crippen LogP contribution in [0.1, 0.15) is 33.6 Å². The molecule has 0 spiro atoms. The second-order valence-electron chi connectivity index (χ2n) is 7.23. The molecule has 7 heteroatoms. The van der Waals surface area contributed by atoms with Crippen LogP contribution >= 0.6 is 0 Å². The van der Waals surface area contributed by atoms with Crippen molar-refractivity contribution in [3.63, 3.8) is 0 Å². The average Bonchev–Trinajstić information content (AvgIpc) is 3.03. The number of anilines is 1. The second kappa shape index (κ2) is 7.13. The summed E-state index contributed by atoms with van der Waals surface area (Å²) in [6.45, 7) is 6.99. The van der Waals surface area contributed by atoms with E-state index < -0.39 is 5.60 Å². The maximum absolute atomic E-state index is 12.1. The van der Waals surface area contributed by atoms with Gasteiger partial charge in [0.2, 0.25) is 5.95 Å². The first-order valence-electron chi connectivity index (χ1n) is 8.62. The Hall–Kier alpha value is -2.57. The van der Waals surface area contributed by atoms with E-state index in [1.165, 1.54) is 0 Å². The summed E-state index contributed by atoms with van der Waals surface area (Å²) in [6.07, 6.45) is 3.16. The number of nitrogens with zero attached hydrogens (tertiary/aromatic N) is 4. The largest absolute Gasteiger partial charge is 0.444 e. The normalized spacial score (nSPS) is 15.9. The predicted octanol–water partition coefficient (Wildman–Crippen LogP) is 3.08. The minimum atomic E-state index is -0.458. The monoisotopic (exact) mass is 343 g/mol. The topological polar surface area (TPSA) is 72.3 Å². The summed E-state index contributed by atoms with van der Waals surface area (Å²) in [6, 6.07) is 10.1. The molecule has 0 unspecified atom stereocenters. The first-order valence-corrected chi connectivity index (χ1v) is 8.62. The molecule has 1 N–H and O–H groups in total. The van der Waals surface area contributed by atoms with Crippen LogP contribution in [0.25, 0.3) is 5.69 Å². The molecule has 0 aliphatic carbocycles. The molecule has 134 valence electrons. The van der Waals surface area contributed by atoms with Gasteiger partial charge in [-0.25, -0.2) is 14.5 Å². The van der Waals surface area contributed by atoms with Crippen LogP contribution in [-0.4, -0.2) is 50.5 Å². The number of hydrogen-bond acceptors (Lipinski definition) is 5. The first-order chi connectivity index (χ1) is 11.9. The Morgan fingerprint density at radius 1 is 1.20 bits per heavy atom. The number of piperidine rings is 1. The summed E-state index contributed by atoms with van der Waals surface area (Å²) < 4.78 is 7.17. The molecule has 3 rings (SSSR count). The van der Waals surface area contributed by atoms with Crippen molar-refractivity contribution < 1.29 is 9.53 Å². The molecule has 1 aromatic heterocycles. The molecule has 0 radical (unpaired) electrons. The molecule has 25 heavy (non-hydrogen) atoms. The number of aromatic nitrogens is 3. The van der Waals surface area contributed by atoms with Crippen molar-refractivity contribution in [3.8, 4) is 5.69 Å². The van der Waals surface area contributed by atoms with Crippen molar-refractivity contribution in [2.45, 2.75) is 45.3 Å². The standard InChI is InChI=1S/C18H25N5O2/c1-18(2,3)25-17(24)22-11-9-14(10-12-22)20-16-19-13-23(21-16)15-7-5-4-6-8-15/h4-8,13-14H,9-12H2,1-3H3,(H,20,21). The summed E-state index contributed by atoms with van der Waals surface area (Å²) in [5.74, 6) is 0.611. The Morgan fingerprint density at radius 2 is 1.88 bits per heavy atom. The number of ether oxygens (including phenoxy) is 1. The van der Waals surface area contributed by atoms with E-state index in [0.717, 1.165) is 18.5 Å². The maximum Gasteiger partial charge on any atom is 0.410 e. The van der Waals surface area contributed by atoms with Gasteiger partial charge >= 0.3 is 6.09 Å². The number of amides is 1. The van der Waals surface area contributed by atoms with E-state index in [1.807, 2.05) is 51.1 Å². The third-order valence-corrected chi connectivity index (χ3v) is 3.99. The van der Waals surface area contributed by atoms with Gasteiger partial charge in [0.05, 0.1) is 5.69 Å². The van der Waals surface area contributed by atoms with Crippen LogP contribution in [0.3, 0.4) is 0 Å². The van der Waals surface area contributed by atoms with Crippen molar-refractivity contribution in [3.05, 3.63) is 36.7 Å². The smallest absolute Gasteiger partial charge is 0.410 e. The molecule has 1 aliphatic heterocycles. The summed E-state index contributed by atoms with van der Waals surface area (Å²) in [7, 11) is 0. The molecule has 0 saturated carbocycles. The number of carbonyl (C=O) groups is 1. The molecular weight excluding hydrogens is 318 g/mol. The Balaban J connectivity index is 1.51. The third kappa shape index (κ3) is 4.71. The average molecular weight is 343 g/mol. The van der Waals surface area contributed by atoms with Gasteiger partial charge in [0.25, 0.3) is 0 Å². The Morgan fingerprint density at radius 3 is 2.52 bits per heavy atom. The van der Waals surface area contributed by atoms with Gasteiger partial charge in [-0.05, 0) is 45.7 Å². The molecule has 1 amide bonds. The molecule has 2 heterocycles. The van der Waals surface area contributed by atoms with Crippen molar-refractivity contribution in [1.82, 2.24) is 19.7 Å². The minimum Gasteiger partial charge on any atom is -0.444 e. The van der Waals surface area contributed by atoms with E-state index in [4.69, 9.17) is 4.74 Å². The van der Waals surface area contributed by atoms with E-state index in [9.17, 15) is 4.79 Å². The van der Waals surface area contributed by atoms with Gasteiger partial charge < -0.3 is 15.0 Å². The van der Waals surface area contributed by atoms with E-state index in [-0.39, 0.29) is 12.1 Å². The number of hydrogen-bond donors (Lipinski definition) is 1. The fraction of sp³-hybridized carbons (Fsp3) is 0.500. The maximum atomic E-state index is 12.1. The summed E-state index contributed by atoms with van der Waals surface area (Å²) >= 11 is 0. The van der Waals surface area contributed by atoms with Gasteiger partial charge in [0.15, 0.2) is 0 Å². The van der Waals surface area contributed by atoms with Gasteiger partial charge in [-0.1, -0.05) is 18.2 Å². The Kier molecular flexibility index (Phi) is 4.92. The second-order valence-corrected chi connectivity index (χ2v) is 7.23. The summed E-state index contributed by atoms with van der Waals surface area (Å²) in [4.78, 5) is 18.2. The molecule has 1 aromatic carbocycles. The van der Waals surface area contributed by atoms with E-state index >= 15 is 0 Å². The molecule has 1 aliphatic rings. The van der Waals surface area contributed by atoms with Gasteiger partial charge in [0.1, 0.15) is 11.9 Å². The zero-order chi connectivity index (χ0) is 17.9. The van der Waals surface area contributed by atoms with Crippen LogP contribution in [0.4, 0.5) is 10.7 Å². The van der Waals surface area contributed by atoms with Crippen LogP contribution in [0.15, 0.2) is 36.7 Å². The van der Waals surface area contributed by atoms with Crippen molar-refractivity contribution in [2.75, 3.05) is 18.4 Å². The molecule has 1 fully saturated rings.